The van der Waals surface area contributed by atoms with E-state index < -0.39 is 20.0 Å². The third-order valence-corrected chi connectivity index (χ3v) is 11.6. The minimum atomic E-state index is -4.35. The molecule has 3 atom stereocenters. The number of aliphatic hydroxyl groups excluding tert-OH is 1. The number of quaternary nitrogens is 1. The number of carbonyl (C=O) groups is 1. The molecule has 380 valence electrons. The van der Waals surface area contributed by atoms with Gasteiger partial charge in [0.15, 0.2) is 0 Å². The first-order valence-electron chi connectivity index (χ1n) is 26.1. The molecule has 0 aliphatic heterocycles. The highest BCUT2D eigenvalue weighted by Gasteiger charge is 2.27. The van der Waals surface area contributed by atoms with Crippen LogP contribution in [0.25, 0.3) is 0 Å². The predicted molar refractivity (Wildman–Crippen MR) is 290 cm³/mol. The van der Waals surface area contributed by atoms with E-state index in [4.69, 9.17) is 9.05 Å². The second kappa shape index (κ2) is 47.7. The molecule has 0 radical (unpaired) electrons. The summed E-state index contributed by atoms with van der Waals surface area (Å²) in [4.78, 5) is 23.1. The Morgan fingerprint density at radius 3 is 1.31 bits per heavy atom. The Balaban J connectivity index is 4.12. The van der Waals surface area contributed by atoms with E-state index in [-0.39, 0.29) is 19.1 Å². The number of aliphatic hydroxyl groups is 1. The number of unbranched alkanes of at least 4 members (excludes halogenated alkanes) is 12. The van der Waals surface area contributed by atoms with E-state index in [2.05, 4.69) is 141 Å². The monoisotopic (exact) mass is 950 g/mol. The van der Waals surface area contributed by atoms with Gasteiger partial charge >= 0.3 is 7.82 Å². The Labute approximate surface area is 411 Å². The fourth-order valence-electron chi connectivity index (χ4n) is 6.54. The zero-order valence-electron chi connectivity index (χ0n) is 43.1. The highest BCUT2D eigenvalue weighted by Crippen LogP contribution is 2.43. The van der Waals surface area contributed by atoms with Crippen molar-refractivity contribution in [3.63, 3.8) is 0 Å². The van der Waals surface area contributed by atoms with Crippen molar-refractivity contribution in [2.24, 2.45) is 0 Å². The lowest BCUT2D eigenvalue weighted by Crippen LogP contribution is -2.45. The van der Waals surface area contributed by atoms with Crippen LogP contribution in [0.2, 0.25) is 0 Å². The summed E-state index contributed by atoms with van der Waals surface area (Å²) < 4.78 is 23.5. The van der Waals surface area contributed by atoms with Crippen molar-refractivity contribution in [3.8, 4) is 0 Å². The topological polar surface area (TPSA) is 105 Å². The van der Waals surface area contributed by atoms with Gasteiger partial charge < -0.3 is 19.8 Å². The summed E-state index contributed by atoms with van der Waals surface area (Å²) in [6, 6.07) is -0.861. The molecule has 0 saturated carbocycles. The molecular weight excluding hydrogens is 852 g/mol. The zero-order chi connectivity index (χ0) is 49.2. The van der Waals surface area contributed by atoms with E-state index in [1.807, 2.05) is 27.2 Å². The molecule has 0 aromatic heterocycles. The second-order valence-electron chi connectivity index (χ2n) is 18.2. The maximum Gasteiger partial charge on any atom is 0.472 e. The van der Waals surface area contributed by atoms with Crippen LogP contribution in [-0.2, 0) is 18.4 Å². The van der Waals surface area contributed by atoms with E-state index in [0.29, 0.717) is 17.4 Å². The molecule has 0 aliphatic carbocycles. The smallest absolute Gasteiger partial charge is 0.387 e. The number of phosphoric ester groups is 1. The molecule has 67 heavy (non-hydrogen) atoms. The Hall–Kier alpha value is -3.36. The lowest BCUT2D eigenvalue weighted by atomic mass is 10.1. The number of hydrogen-bond donors (Lipinski definition) is 3. The van der Waals surface area contributed by atoms with Crippen LogP contribution < -0.4 is 5.32 Å². The van der Waals surface area contributed by atoms with Crippen molar-refractivity contribution in [1.82, 2.24) is 5.32 Å². The Morgan fingerprint density at radius 1 is 0.522 bits per heavy atom. The van der Waals surface area contributed by atoms with Crippen molar-refractivity contribution < 1.29 is 32.9 Å². The van der Waals surface area contributed by atoms with E-state index in [9.17, 15) is 19.4 Å². The molecule has 8 nitrogen and oxygen atoms in total. The van der Waals surface area contributed by atoms with Crippen molar-refractivity contribution in [2.75, 3.05) is 40.9 Å². The summed E-state index contributed by atoms with van der Waals surface area (Å²) in [5.74, 6) is -0.202. The molecule has 3 N–H and O–H groups in total. The van der Waals surface area contributed by atoms with E-state index in [0.717, 1.165) is 122 Å². The number of phosphoric acid groups is 1. The quantitative estimate of drug-likeness (QED) is 0.0243. The molecule has 0 heterocycles. The summed E-state index contributed by atoms with van der Waals surface area (Å²) in [5, 5.41) is 13.7. The predicted octanol–water partition coefficient (Wildman–Crippen LogP) is 15.6. The Bertz CT molecular complexity index is 1540. The largest absolute Gasteiger partial charge is 0.472 e. The molecule has 1 amide bonds. The molecule has 9 heteroatoms. The molecule has 0 fully saturated rings. The molecule has 0 rings (SSSR count). The standard InChI is InChI=1S/C58H97N2O6P/c1-6-8-10-12-14-16-17-18-19-20-21-22-23-24-25-26-27-28-29-30-31-32-33-34-35-36-37-38-39-40-41-42-43-44-46-48-50-52-58(62)59-56(55-66-67(63,64)65-54-53-60(3,4)5)57(61)51-49-47-45-15-13-11-9-7-2/h8,10,14,16,18-19,21-22,24-25,27-28,30-31,33-34,36-37,39-40,49,51,56-57,61H,6-7,9,11-13,15,17,20,23,26,29,32,35,38,41-48,50,52-55H2,1-5H3,(H-,59,62,63,64)/p+1/b10-8-,16-14-,19-18-,22-21-,25-24-,28-27-,31-30-,34-33-,37-36-,40-39-,51-49+. The summed E-state index contributed by atoms with van der Waals surface area (Å²) >= 11 is 0. The van der Waals surface area contributed by atoms with Gasteiger partial charge in [0.25, 0.3) is 0 Å². The summed E-state index contributed by atoms with van der Waals surface area (Å²) in [5.41, 5.74) is 0. The maximum atomic E-state index is 12.9. The molecule has 0 bridgehead atoms. The van der Waals surface area contributed by atoms with Gasteiger partial charge in [0.05, 0.1) is 39.9 Å². The fraction of sp³-hybridized carbons (Fsp3) is 0.603. The van der Waals surface area contributed by atoms with Gasteiger partial charge in [0.1, 0.15) is 13.2 Å². The van der Waals surface area contributed by atoms with Gasteiger partial charge in [-0.1, -0.05) is 205 Å². The highest BCUT2D eigenvalue weighted by molar-refractivity contribution is 7.47. The Morgan fingerprint density at radius 2 is 0.896 bits per heavy atom. The van der Waals surface area contributed by atoms with E-state index in [1.165, 1.54) is 32.1 Å². The van der Waals surface area contributed by atoms with Crippen molar-refractivity contribution in [1.29, 1.82) is 0 Å². The van der Waals surface area contributed by atoms with Crippen LogP contribution in [-0.4, -0.2) is 73.4 Å². The molecule has 0 aromatic rings. The number of rotatable bonds is 45. The lowest BCUT2D eigenvalue weighted by molar-refractivity contribution is -0.870. The van der Waals surface area contributed by atoms with Crippen molar-refractivity contribution in [3.05, 3.63) is 134 Å². The Kier molecular flexibility index (Phi) is 45.3. The zero-order valence-corrected chi connectivity index (χ0v) is 44.0. The second-order valence-corrected chi connectivity index (χ2v) is 19.6. The van der Waals surface area contributed by atoms with Gasteiger partial charge in [0, 0.05) is 6.42 Å². The number of likely N-dealkylation sites (N-methyl/N-ethyl adjacent to an activating group) is 1. The first-order valence-corrected chi connectivity index (χ1v) is 27.6. The molecule has 0 aromatic carbocycles. The average molecular weight is 950 g/mol. The number of allylic oxidation sites excluding steroid dienone is 21. The number of nitrogens with zero attached hydrogens (tertiary/aromatic N) is 1. The van der Waals surface area contributed by atoms with Crippen LogP contribution in [0.1, 0.15) is 174 Å². The van der Waals surface area contributed by atoms with E-state index in [1.54, 1.807) is 6.08 Å². The first kappa shape index (κ1) is 63.6. The van der Waals surface area contributed by atoms with Crippen LogP contribution in [0.5, 0.6) is 0 Å². The number of carbonyl (C=O) groups excluding carboxylic acids is 1. The van der Waals surface area contributed by atoms with Crippen LogP contribution >= 0.6 is 7.82 Å². The summed E-state index contributed by atoms with van der Waals surface area (Å²) in [6.45, 7) is 4.61. The maximum absolute atomic E-state index is 12.9. The minimum absolute atomic E-state index is 0.0507. The molecule has 0 aliphatic rings. The molecular formula is C58H98N2O6P+. The van der Waals surface area contributed by atoms with Gasteiger partial charge in [-0.3, -0.25) is 13.8 Å². The molecule has 0 spiro atoms. The average Bonchev–Trinajstić information content (AvgIpc) is 3.29. The molecule has 0 saturated heterocycles. The minimum Gasteiger partial charge on any atom is -0.387 e. The number of amides is 1. The normalized spacial score (nSPS) is 15.1. The SMILES string of the molecule is CC/C=C\C/C=C\C/C=C\C/C=C\C/C=C\C/C=C\C/C=C\C/C=C\C/C=C\C/C=C\CCCCCCCCC(=O)NC(COP(=O)(O)OCC[N+](C)(C)C)C(O)/C=C/CCCCCCCC. The summed E-state index contributed by atoms with van der Waals surface area (Å²) in [6.07, 6.45) is 72.7. The number of hydrogen-bond acceptors (Lipinski definition) is 5. The lowest BCUT2D eigenvalue weighted by Gasteiger charge is -2.25. The van der Waals surface area contributed by atoms with Gasteiger partial charge in [-0.25, -0.2) is 4.57 Å². The first-order chi connectivity index (χ1) is 32.5. The number of nitrogens with one attached hydrogen (secondary N) is 1. The van der Waals surface area contributed by atoms with Crippen LogP contribution in [0.4, 0.5) is 0 Å². The fourth-order valence-corrected chi connectivity index (χ4v) is 7.27. The van der Waals surface area contributed by atoms with Gasteiger partial charge in [0.2, 0.25) is 5.91 Å². The third kappa shape index (κ3) is 50.3. The van der Waals surface area contributed by atoms with Crippen LogP contribution in [0, 0.1) is 0 Å². The molecule has 3 unspecified atom stereocenters. The van der Waals surface area contributed by atoms with Crippen LogP contribution in [0.3, 0.4) is 0 Å². The van der Waals surface area contributed by atoms with Crippen LogP contribution in [0.15, 0.2) is 134 Å². The van der Waals surface area contributed by atoms with Gasteiger partial charge in [-0.2, -0.15) is 0 Å². The van der Waals surface area contributed by atoms with E-state index >= 15 is 0 Å². The van der Waals surface area contributed by atoms with Gasteiger partial charge in [-0.05, 0) is 96.3 Å². The van der Waals surface area contributed by atoms with Gasteiger partial charge in [-0.15, -0.1) is 0 Å². The highest BCUT2D eigenvalue weighted by atomic mass is 31.2. The van der Waals surface area contributed by atoms with Crippen molar-refractivity contribution in [2.45, 2.75) is 187 Å². The third-order valence-electron chi connectivity index (χ3n) is 10.6. The summed E-state index contributed by atoms with van der Waals surface area (Å²) in [7, 11) is 1.54. The van der Waals surface area contributed by atoms with Crippen molar-refractivity contribution >= 4 is 13.7 Å².